The van der Waals surface area contributed by atoms with Crippen LogP contribution in [0.1, 0.15) is 11.6 Å². The highest BCUT2D eigenvalue weighted by Gasteiger charge is 2.12. The van der Waals surface area contributed by atoms with Gasteiger partial charge >= 0.3 is 5.65 Å². The topological polar surface area (TPSA) is 91.4 Å². The molecule has 0 N–H and O–H groups in total. The fourth-order valence-electron chi connectivity index (χ4n) is 0.945. The quantitative estimate of drug-likeness (QED) is 0.382. The molecule has 0 bridgehead atoms. The third kappa shape index (κ3) is 1.24. The highest BCUT2D eigenvalue weighted by Crippen LogP contribution is 1.97. The van der Waals surface area contributed by atoms with Crippen LogP contribution >= 0.6 is 0 Å². The van der Waals surface area contributed by atoms with Gasteiger partial charge in [0.25, 0.3) is 11.5 Å². The Morgan fingerprint density at radius 2 is 1.85 bits per heavy atom. The van der Waals surface area contributed by atoms with Crippen molar-refractivity contribution >= 4 is 11.3 Å². The van der Waals surface area contributed by atoms with Gasteiger partial charge in [-0.05, 0) is 11.9 Å². The lowest BCUT2D eigenvalue weighted by Crippen LogP contribution is -2.35. The standard InChI is InChI=1S/C6H6N6O/c1-3-8-6-5(10-9-3)7-4(2)11-12(6)13/h1-2H3. The van der Waals surface area contributed by atoms with Gasteiger partial charge in [-0.15, -0.1) is 15.0 Å². The molecule has 0 unspecified atom stereocenters. The molecule has 0 fully saturated rings. The number of nitrogens with zero attached hydrogens (tertiary/aromatic N) is 6. The molecule has 7 nitrogen and oxygen atoms in total. The van der Waals surface area contributed by atoms with E-state index in [2.05, 4.69) is 25.3 Å². The first-order valence-electron chi connectivity index (χ1n) is 3.62. The summed E-state index contributed by atoms with van der Waals surface area (Å²) in [5.74, 6) is 0.770. The molecule has 0 aliphatic carbocycles. The molecule has 2 aromatic rings. The molecule has 0 saturated carbocycles. The molecule has 0 saturated heterocycles. The van der Waals surface area contributed by atoms with Crippen molar-refractivity contribution in [1.82, 2.24) is 25.3 Å². The van der Waals surface area contributed by atoms with Crippen molar-refractivity contribution in [3.8, 4) is 0 Å². The van der Waals surface area contributed by atoms with E-state index in [9.17, 15) is 5.21 Å². The van der Waals surface area contributed by atoms with E-state index in [0.29, 0.717) is 16.5 Å². The first kappa shape index (κ1) is 7.71. The van der Waals surface area contributed by atoms with Gasteiger partial charge in [0.15, 0.2) is 5.82 Å². The second kappa shape index (κ2) is 2.54. The number of hydrogen-bond acceptors (Lipinski definition) is 6. The first-order chi connectivity index (χ1) is 6.16. The molecule has 0 aromatic carbocycles. The van der Waals surface area contributed by atoms with Crippen LogP contribution in [0.5, 0.6) is 0 Å². The summed E-state index contributed by atoms with van der Waals surface area (Å²) in [7, 11) is 0. The number of aromatic nitrogens is 6. The van der Waals surface area contributed by atoms with Crippen LogP contribution in [-0.2, 0) is 0 Å². The normalized spacial score (nSPS) is 10.6. The molecule has 2 heterocycles. The lowest BCUT2D eigenvalue weighted by molar-refractivity contribution is -0.645. The molecule has 0 radical (unpaired) electrons. The molecular formula is C6H6N6O. The minimum absolute atomic E-state index is 0.0955. The maximum absolute atomic E-state index is 11.2. The van der Waals surface area contributed by atoms with E-state index in [4.69, 9.17) is 0 Å². The SMILES string of the molecule is Cc1nnc2nc(C)n[n+]([O-])c2n1. The van der Waals surface area contributed by atoms with Gasteiger partial charge in [-0.1, -0.05) is 5.10 Å². The van der Waals surface area contributed by atoms with Gasteiger partial charge < -0.3 is 5.21 Å². The highest BCUT2D eigenvalue weighted by atomic mass is 16.5. The number of fused-ring (bicyclic) bond motifs is 1. The van der Waals surface area contributed by atoms with Crippen LogP contribution in [0.4, 0.5) is 0 Å². The number of hydrogen-bond donors (Lipinski definition) is 0. The fourth-order valence-corrected chi connectivity index (χ4v) is 0.945. The minimum Gasteiger partial charge on any atom is -0.690 e. The Bertz CT molecular complexity index is 470. The summed E-state index contributed by atoms with van der Waals surface area (Å²) in [6.07, 6.45) is 0. The van der Waals surface area contributed by atoms with Gasteiger partial charge in [0.1, 0.15) is 0 Å². The number of rotatable bonds is 0. The fraction of sp³-hybridized carbons (Fsp3) is 0.333. The Hall–Kier alpha value is -1.92. The summed E-state index contributed by atoms with van der Waals surface area (Å²) in [6.45, 7) is 3.25. The molecule has 2 rings (SSSR count). The lowest BCUT2D eigenvalue weighted by Gasteiger charge is -1.99. The van der Waals surface area contributed by atoms with Crippen LogP contribution in [0, 0.1) is 19.1 Å². The predicted molar refractivity (Wildman–Crippen MR) is 41.4 cm³/mol. The lowest BCUT2D eigenvalue weighted by atomic mass is 10.6. The van der Waals surface area contributed by atoms with E-state index in [0.717, 1.165) is 0 Å². The monoisotopic (exact) mass is 178 g/mol. The highest BCUT2D eigenvalue weighted by molar-refractivity contribution is 5.58. The maximum Gasteiger partial charge on any atom is 0.396 e. The van der Waals surface area contributed by atoms with E-state index in [-0.39, 0.29) is 11.3 Å². The van der Waals surface area contributed by atoms with Gasteiger partial charge in [0, 0.05) is 6.92 Å². The van der Waals surface area contributed by atoms with Gasteiger partial charge in [-0.25, -0.2) is 4.98 Å². The van der Waals surface area contributed by atoms with Crippen molar-refractivity contribution in [3.05, 3.63) is 16.9 Å². The third-order valence-corrected chi connectivity index (χ3v) is 1.44. The maximum atomic E-state index is 11.2. The van der Waals surface area contributed by atoms with Gasteiger partial charge in [-0.2, -0.15) is 0 Å². The Kier molecular flexibility index (Phi) is 1.51. The first-order valence-corrected chi connectivity index (χ1v) is 3.62. The second-order valence-corrected chi connectivity index (χ2v) is 2.54. The van der Waals surface area contributed by atoms with Crippen LogP contribution in [-0.4, -0.2) is 25.3 Å². The van der Waals surface area contributed by atoms with Crippen LogP contribution in [0.2, 0.25) is 0 Å². The van der Waals surface area contributed by atoms with Crippen molar-refractivity contribution in [3.63, 3.8) is 0 Å². The molecule has 0 amide bonds. The summed E-state index contributed by atoms with van der Waals surface area (Å²) >= 11 is 0. The van der Waals surface area contributed by atoms with Crippen molar-refractivity contribution in [2.24, 2.45) is 0 Å². The Balaban J connectivity index is 2.87. The Morgan fingerprint density at radius 1 is 1.08 bits per heavy atom. The summed E-state index contributed by atoms with van der Waals surface area (Å²) in [5.41, 5.74) is 0.311. The molecule has 0 aliphatic rings. The van der Waals surface area contributed by atoms with Crippen LogP contribution in [0.25, 0.3) is 11.3 Å². The van der Waals surface area contributed by atoms with Gasteiger partial charge in [-0.3, -0.25) is 0 Å². The molecule has 0 aliphatic heterocycles. The Morgan fingerprint density at radius 3 is 2.62 bits per heavy atom. The summed E-state index contributed by atoms with van der Waals surface area (Å²) in [4.78, 5) is 8.18. The predicted octanol–water partition coefficient (Wildman–Crippen LogP) is -0.935. The second-order valence-electron chi connectivity index (χ2n) is 2.54. The average Bonchev–Trinajstić information content (AvgIpc) is 2.06. The molecule has 66 valence electrons. The molecule has 2 aromatic heterocycles. The van der Waals surface area contributed by atoms with E-state index < -0.39 is 0 Å². The molecule has 0 atom stereocenters. The average molecular weight is 178 g/mol. The molecule has 0 spiro atoms. The smallest absolute Gasteiger partial charge is 0.396 e. The summed E-state index contributed by atoms with van der Waals surface area (Å²) in [6, 6.07) is 0. The molecular weight excluding hydrogens is 172 g/mol. The van der Waals surface area contributed by atoms with E-state index in [1.54, 1.807) is 13.8 Å². The number of aryl methyl sites for hydroxylation is 2. The van der Waals surface area contributed by atoms with Crippen LogP contribution in [0.15, 0.2) is 0 Å². The molecule has 7 heteroatoms. The van der Waals surface area contributed by atoms with Crippen molar-refractivity contribution in [2.75, 3.05) is 0 Å². The van der Waals surface area contributed by atoms with E-state index in [1.807, 2.05) is 0 Å². The van der Waals surface area contributed by atoms with E-state index >= 15 is 0 Å². The van der Waals surface area contributed by atoms with Crippen molar-refractivity contribution in [2.45, 2.75) is 13.8 Å². The van der Waals surface area contributed by atoms with Gasteiger partial charge in [0.2, 0.25) is 0 Å². The third-order valence-electron chi connectivity index (χ3n) is 1.44. The van der Waals surface area contributed by atoms with Crippen LogP contribution in [0.3, 0.4) is 0 Å². The van der Waals surface area contributed by atoms with E-state index in [1.165, 1.54) is 0 Å². The molecule has 13 heavy (non-hydrogen) atoms. The van der Waals surface area contributed by atoms with Crippen molar-refractivity contribution in [1.29, 1.82) is 0 Å². The Labute approximate surface area is 73.1 Å². The van der Waals surface area contributed by atoms with Crippen molar-refractivity contribution < 1.29 is 4.85 Å². The minimum atomic E-state index is 0.0955. The zero-order valence-electron chi connectivity index (χ0n) is 7.09. The van der Waals surface area contributed by atoms with Crippen LogP contribution < -0.4 is 4.85 Å². The summed E-state index contributed by atoms with van der Waals surface area (Å²) < 4.78 is 0. The summed E-state index contributed by atoms with van der Waals surface area (Å²) in [5, 5.41) is 22.2. The largest absolute Gasteiger partial charge is 0.690 e. The zero-order chi connectivity index (χ0) is 9.42. The zero-order valence-corrected chi connectivity index (χ0v) is 7.09. The van der Waals surface area contributed by atoms with Gasteiger partial charge in [0.05, 0.1) is 0 Å².